The summed E-state index contributed by atoms with van der Waals surface area (Å²) in [5.74, 6) is -3.57. The Kier molecular flexibility index (Phi) is 11.6. The van der Waals surface area contributed by atoms with Crippen molar-refractivity contribution < 1.29 is 63.9 Å². The molecule has 0 aliphatic heterocycles. The van der Waals surface area contributed by atoms with Crippen LogP contribution in [0.3, 0.4) is 0 Å². The molecule has 0 radical (unpaired) electrons. The molecule has 1 atom stereocenters. The van der Waals surface area contributed by atoms with E-state index in [-0.39, 0.29) is 36.0 Å². The fraction of sp³-hybridized carbons (Fsp3) is 0.667. The van der Waals surface area contributed by atoms with Crippen LogP contribution in [0.15, 0.2) is 0 Å². The molecule has 0 aromatic heterocycles. The third-order valence-electron chi connectivity index (χ3n) is 1.62. The van der Waals surface area contributed by atoms with E-state index in [1.807, 2.05) is 0 Å². The van der Waals surface area contributed by atoms with Gasteiger partial charge in [-0.1, -0.05) is 13.3 Å². The molecule has 92 valence electrons. The second kappa shape index (κ2) is 10.5. The maximum atomic E-state index is 10.8. The molecule has 0 amide bonds. The van der Waals surface area contributed by atoms with Crippen molar-refractivity contribution in [1.29, 1.82) is 0 Å². The van der Waals surface area contributed by atoms with Gasteiger partial charge in [-0.15, -0.1) is 0 Å². The molecular weight excluding hydrogens is 243 g/mol. The first-order valence-electron chi connectivity index (χ1n) is 4.76. The monoisotopic (exact) mass is 256 g/mol. The molecule has 0 saturated carbocycles. The molecule has 0 bridgehead atoms. The normalized spacial score (nSPS) is 11.1. The molecular formula is C9H13NaO7. The first kappa shape index (κ1) is 18.7. The van der Waals surface area contributed by atoms with E-state index in [2.05, 4.69) is 9.78 Å². The van der Waals surface area contributed by atoms with E-state index in [1.54, 1.807) is 6.92 Å². The summed E-state index contributed by atoms with van der Waals surface area (Å²) >= 11 is 0. The summed E-state index contributed by atoms with van der Waals surface area (Å²) in [5, 5.41) is 18.6. The average molecular weight is 256 g/mol. The van der Waals surface area contributed by atoms with E-state index in [1.165, 1.54) is 0 Å². The second-order valence-corrected chi connectivity index (χ2v) is 3.04. The van der Waals surface area contributed by atoms with Gasteiger partial charge in [0.2, 0.25) is 6.10 Å². The van der Waals surface area contributed by atoms with Crippen LogP contribution >= 0.6 is 0 Å². The number of carbonyl (C=O) groups is 3. The number of carbonyl (C=O) groups excluding carboxylic acids is 2. The van der Waals surface area contributed by atoms with Crippen LogP contribution in [0.4, 0.5) is 0 Å². The Labute approximate surface area is 120 Å². The van der Waals surface area contributed by atoms with Gasteiger partial charge in [0.05, 0.1) is 6.42 Å². The van der Waals surface area contributed by atoms with Crippen LogP contribution in [0.2, 0.25) is 0 Å². The molecule has 0 aromatic carbocycles. The van der Waals surface area contributed by atoms with Crippen molar-refractivity contribution in [2.45, 2.75) is 38.7 Å². The van der Waals surface area contributed by atoms with Gasteiger partial charge in [0, 0.05) is 5.97 Å². The Bertz CT molecular complexity index is 266. The fourth-order valence-electron chi connectivity index (χ4n) is 0.832. The Morgan fingerprint density at radius 2 is 1.88 bits per heavy atom. The molecule has 0 aliphatic carbocycles. The van der Waals surface area contributed by atoms with Crippen molar-refractivity contribution in [1.82, 2.24) is 0 Å². The molecule has 0 fully saturated rings. The van der Waals surface area contributed by atoms with E-state index in [0.29, 0.717) is 6.42 Å². The number of hydrogen-bond donors (Lipinski definition) is 1. The van der Waals surface area contributed by atoms with Crippen LogP contribution in [-0.4, -0.2) is 29.1 Å². The van der Waals surface area contributed by atoms with E-state index >= 15 is 0 Å². The molecule has 17 heavy (non-hydrogen) atoms. The summed E-state index contributed by atoms with van der Waals surface area (Å²) in [6.45, 7) is 1.75. The first-order chi connectivity index (χ1) is 7.47. The zero-order chi connectivity index (χ0) is 12.6. The largest absolute Gasteiger partial charge is 1.00 e. The van der Waals surface area contributed by atoms with E-state index in [9.17, 15) is 19.5 Å². The Balaban J connectivity index is 0. The topological polar surface area (TPSA) is 113 Å². The third kappa shape index (κ3) is 10.3. The van der Waals surface area contributed by atoms with Gasteiger partial charge < -0.3 is 15.0 Å². The van der Waals surface area contributed by atoms with E-state index in [0.717, 1.165) is 0 Å². The van der Waals surface area contributed by atoms with Crippen molar-refractivity contribution in [3.05, 3.63) is 0 Å². The summed E-state index contributed by atoms with van der Waals surface area (Å²) < 4.78 is 0. The molecule has 0 saturated heterocycles. The van der Waals surface area contributed by atoms with Crippen LogP contribution in [0.25, 0.3) is 0 Å². The van der Waals surface area contributed by atoms with Gasteiger partial charge in [0.25, 0.3) is 0 Å². The summed E-state index contributed by atoms with van der Waals surface area (Å²) in [6, 6.07) is 0. The molecule has 7 nitrogen and oxygen atoms in total. The van der Waals surface area contributed by atoms with Crippen molar-refractivity contribution in [2.24, 2.45) is 0 Å². The van der Waals surface area contributed by atoms with Gasteiger partial charge in [-0.3, -0.25) is 4.89 Å². The fourth-order valence-corrected chi connectivity index (χ4v) is 0.832. The SMILES string of the molecule is CCCC(OOC(=O)CCC(=O)[O-])C(=O)O.[Na+]. The zero-order valence-corrected chi connectivity index (χ0v) is 11.8. The van der Waals surface area contributed by atoms with Gasteiger partial charge in [0.15, 0.2) is 0 Å². The van der Waals surface area contributed by atoms with Gasteiger partial charge in [-0.2, -0.15) is 4.89 Å². The standard InChI is InChI=1S/C9H14O7.Na/c1-2-3-6(9(13)14)15-16-8(12)5-4-7(10)11;/h6H,2-5H2,1H3,(H,10,11)(H,13,14);/q;+1/p-1. The van der Waals surface area contributed by atoms with Gasteiger partial charge in [-0.25, -0.2) is 9.59 Å². The average Bonchev–Trinajstić information content (AvgIpc) is 2.20. The van der Waals surface area contributed by atoms with Crippen LogP contribution in [0.5, 0.6) is 0 Å². The van der Waals surface area contributed by atoms with Crippen LogP contribution < -0.4 is 34.7 Å². The molecule has 0 heterocycles. The second-order valence-electron chi connectivity index (χ2n) is 3.04. The molecule has 0 spiro atoms. The first-order valence-corrected chi connectivity index (χ1v) is 4.76. The molecule has 1 N–H and O–H groups in total. The number of carboxylic acids is 2. The number of rotatable bonds is 8. The Morgan fingerprint density at radius 3 is 2.29 bits per heavy atom. The van der Waals surface area contributed by atoms with Crippen molar-refractivity contribution >= 4 is 17.9 Å². The van der Waals surface area contributed by atoms with Crippen LogP contribution in [-0.2, 0) is 24.2 Å². The van der Waals surface area contributed by atoms with Gasteiger partial charge >= 0.3 is 41.5 Å². The zero-order valence-electron chi connectivity index (χ0n) is 9.80. The number of hydrogen-bond acceptors (Lipinski definition) is 6. The summed E-state index contributed by atoms with van der Waals surface area (Å²) in [4.78, 5) is 39.9. The van der Waals surface area contributed by atoms with Crippen molar-refractivity contribution in [3.63, 3.8) is 0 Å². The molecule has 0 rings (SSSR count). The predicted octanol–water partition coefficient (Wildman–Crippen LogP) is -3.75. The number of carboxylic acid groups (broad SMARTS) is 2. The maximum Gasteiger partial charge on any atom is 1.00 e. The third-order valence-corrected chi connectivity index (χ3v) is 1.62. The minimum atomic E-state index is -1.39. The minimum absolute atomic E-state index is 0. The molecule has 1 unspecified atom stereocenters. The van der Waals surface area contributed by atoms with Gasteiger partial charge in [0.1, 0.15) is 0 Å². The minimum Gasteiger partial charge on any atom is -0.550 e. The summed E-state index contributed by atoms with van der Waals surface area (Å²) in [5.41, 5.74) is 0. The summed E-state index contributed by atoms with van der Waals surface area (Å²) in [6.07, 6.45) is -1.39. The Morgan fingerprint density at radius 1 is 1.29 bits per heavy atom. The summed E-state index contributed by atoms with van der Waals surface area (Å²) in [7, 11) is 0. The van der Waals surface area contributed by atoms with E-state index < -0.39 is 36.9 Å². The van der Waals surface area contributed by atoms with Crippen LogP contribution in [0.1, 0.15) is 32.6 Å². The molecule has 0 aromatic rings. The quantitative estimate of drug-likeness (QED) is 0.269. The van der Waals surface area contributed by atoms with Crippen molar-refractivity contribution in [2.75, 3.05) is 0 Å². The number of aliphatic carboxylic acids is 2. The van der Waals surface area contributed by atoms with Crippen LogP contribution in [0, 0.1) is 0 Å². The Hall–Kier alpha value is -0.630. The van der Waals surface area contributed by atoms with E-state index in [4.69, 9.17) is 5.11 Å². The smallest absolute Gasteiger partial charge is 0.550 e. The molecule has 8 heteroatoms. The molecule has 0 aliphatic rings. The van der Waals surface area contributed by atoms with Crippen molar-refractivity contribution in [3.8, 4) is 0 Å². The van der Waals surface area contributed by atoms with Gasteiger partial charge in [-0.05, 0) is 12.8 Å². The predicted molar refractivity (Wildman–Crippen MR) is 47.7 cm³/mol. The maximum absolute atomic E-state index is 10.8.